The average molecular weight is 529 g/mol. The summed E-state index contributed by atoms with van der Waals surface area (Å²) in [7, 11) is 0. The van der Waals surface area contributed by atoms with E-state index in [9.17, 15) is 18.0 Å². The smallest absolute Gasteiger partial charge is 0.475 e. The van der Waals surface area contributed by atoms with Crippen LogP contribution in [0, 0.1) is 0 Å². The minimum atomic E-state index is -5.08. The number of carboxylic acid groups (broad SMARTS) is 1. The van der Waals surface area contributed by atoms with E-state index in [2.05, 4.69) is 49.4 Å². The zero-order chi connectivity index (χ0) is 27.3. The third-order valence-corrected chi connectivity index (χ3v) is 6.19. The molecule has 2 aliphatic heterocycles. The maximum Gasteiger partial charge on any atom is 0.490 e. The number of para-hydroxylation sites is 1. The molecule has 1 aromatic heterocycles. The number of anilines is 4. The number of rotatable bonds is 4. The number of nitrogens with zero attached hydrogens (tertiary/aromatic N) is 5. The second kappa shape index (κ2) is 11.4. The molecule has 200 valence electrons. The lowest BCUT2D eigenvalue weighted by atomic mass is 10.1. The van der Waals surface area contributed by atoms with E-state index < -0.39 is 12.1 Å². The van der Waals surface area contributed by atoms with E-state index in [1.807, 2.05) is 48.2 Å². The van der Waals surface area contributed by atoms with Crippen LogP contribution in [-0.2, 0) is 16.1 Å². The van der Waals surface area contributed by atoms with E-state index in [4.69, 9.17) is 9.90 Å². The van der Waals surface area contributed by atoms with Crippen molar-refractivity contribution in [1.29, 1.82) is 0 Å². The third-order valence-electron chi connectivity index (χ3n) is 6.19. The van der Waals surface area contributed by atoms with Crippen LogP contribution in [0.5, 0.6) is 0 Å². The Kier molecular flexibility index (Phi) is 7.99. The first kappa shape index (κ1) is 26.7. The van der Waals surface area contributed by atoms with E-state index >= 15 is 0 Å². The summed E-state index contributed by atoms with van der Waals surface area (Å²) in [6, 6.07) is 20.2. The highest BCUT2D eigenvalue weighted by molar-refractivity contribution is 6.06. The molecule has 1 amide bonds. The van der Waals surface area contributed by atoms with Crippen molar-refractivity contribution in [2.75, 3.05) is 46.2 Å². The van der Waals surface area contributed by atoms with Gasteiger partial charge in [0.05, 0.1) is 6.54 Å². The van der Waals surface area contributed by atoms with Gasteiger partial charge >= 0.3 is 12.1 Å². The summed E-state index contributed by atoms with van der Waals surface area (Å²) in [5, 5.41) is 10.4. The zero-order valence-corrected chi connectivity index (χ0v) is 20.6. The van der Waals surface area contributed by atoms with Crippen molar-refractivity contribution in [3.8, 4) is 0 Å². The molecule has 0 aliphatic carbocycles. The molecular formula is C26H27F3N6O3. The van der Waals surface area contributed by atoms with Gasteiger partial charge in [-0.25, -0.2) is 14.8 Å². The van der Waals surface area contributed by atoms with Gasteiger partial charge in [-0.2, -0.15) is 13.2 Å². The van der Waals surface area contributed by atoms with Crippen molar-refractivity contribution in [1.82, 2.24) is 9.97 Å². The first-order valence-corrected chi connectivity index (χ1v) is 12.0. The van der Waals surface area contributed by atoms with E-state index in [1.54, 1.807) is 6.33 Å². The van der Waals surface area contributed by atoms with Crippen LogP contribution < -0.4 is 20.0 Å². The number of hydrogen-bond donors (Lipinski definition) is 2. The Bertz CT molecular complexity index is 1250. The molecule has 0 radical (unpaired) electrons. The molecule has 2 aromatic carbocycles. The molecule has 1 atom stereocenters. The summed E-state index contributed by atoms with van der Waals surface area (Å²) in [6.07, 6.45) is -3.49. The molecule has 1 fully saturated rings. The Hall–Kier alpha value is -4.35. The summed E-state index contributed by atoms with van der Waals surface area (Å²) in [6.45, 7) is 5.85. The van der Waals surface area contributed by atoms with E-state index in [-0.39, 0.29) is 11.9 Å². The van der Waals surface area contributed by atoms with Crippen LogP contribution in [0.25, 0.3) is 0 Å². The van der Waals surface area contributed by atoms with Gasteiger partial charge in [-0.05, 0) is 24.6 Å². The first-order chi connectivity index (χ1) is 18.1. The fourth-order valence-electron chi connectivity index (χ4n) is 4.30. The Morgan fingerprint density at radius 2 is 1.53 bits per heavy atom. The molecule has 0 saturated carbocycles. The number of alkyl halides is 3. The largest absolute Gasteiger partial charge is 0.490 e. The fraction of sp³-hybridized carbons (Fsp3) is 0.308. The second-order valence-electron chi connectivity index (χ2n) is 8.78. The van der Waals surface area contributed by atoms with Crippen LogP contribution in [0.2, 0.25) is 0 Å². The molecule has 5 rings (SSSR count). The zero-order valence-electron chi connectivity index (χ0n) is 20.6. The molecule has 2 aliphatic rings. The van der Waals surface area contributed by atoms with Crippen LogP contribution in [0.15, 0.2) is 67.0 Å². The van der Waals surface area contributed by atoms with Crippen molar-refractivity contribution in [2.45, 2.75) is 25.7 Å². The van der Waals surface area contributed by atoms with Gasteiger partial charge < -0.3 is 20.2 Å². The first-order valence-electron chi connectivity index (χ1n) is 12.0. The number of carbonyl (C=O) groups excluding carboxylic acids is 1. The van der Waals surface area contributed by atoms with Crippen LogP contribution in [0.3, 0.4) is 0 Å². The molecule has 1 unspecified atom stereocenters. The number of carboxylic acids is 1. The van der Waals surface area contributed by atoms with Crippen molar-refractivity contribution in [3.63, 3.8) is 0 Å². The highest BCUT2D eigenvalue weighted by Gasteiger charge is 2.38. The molecule has 0 bridgehead atoms. The van der Waals surface area contributed by atoms with Gasteiger partial charge in [0.25, 0.3) is 0 Å². The molecule has 2 N–H and O–H groups in total. The predicted molar refractivity (Wildman–Crippen MR) is 137 cm³/mol. The van der Waals surface area contributed by atoms with E-state index in [0.717, 1.165) is 49.1 Å². The van der Waals surface area contributed by atoms with Crippen LogP contribution in [-0.4, -0.2) is 65.3 Å². The third kappa shape index (κ3) is 6.13. The lowest BCUT2D eigenvalue weighted by Gasteiger charge is -2.40. The molecular weight excluding hydrogens is 501 g/mol. The number of fused-ring (bicyclic) bond motifs is 1. The van der Waals surface area contributed by atoms with Gasteiger partial charge in [0.2, 0.25) is 5.91 Å². The lowest BCUT2D eigenvalue weighted by molar-refractivity contribution is -0.192. The number of benzene rings is 2. The molecule has 9 nitrogen and oxygen atoms in total. The standard InChI is InChI=1S/C24H26N6O.C2HF3O2/c1-18-24(31)30(16-19-8-4-2-5-9-19)21-22(27-18)25-17-26-23(21)29-14-12-28(13-15-29)20-10-6-3-7-11-20;3-2(4,5)1(6)7/h2-11,17-18H,12-16H2,1H3,(H,25,26,27);(H,6,7). The van der Waals surface area contributed by atoms with Gasteiger partial charge in [-0.1, -0.05) is 48.5 Å². The van der Waals surface area contributed by atoms with Gasteiger partial charge in [0, 0.05) is 31.9 Å². The van der Waals surface area contributed by atoms with Crippen molar-refractivity contribution < 1.29 is 27.9 Å². The summed E-state index contributed by atoms with van der Waals surface area (Å²) in [4.78, 5) is 37.6. The second-order valence-corrected chi connectivity index (χ2v) is 8.78. The molecule has 3 heterocycles. The fourth-order valence-corrected chi connectivity index (χ4v) is 4.30. The predicted octanol–water partition coefficient (Wildman–Crippen LogP) is 3.78. The normalized spacial score (nSPS) is 17.2. The number of aromatic nitrogens is 2. The minimum absolute atomic E-state index is 0.0373. The van der Waals surface area contributed by atoms with Crippen LogP contribution >= 0.6 is 0 Å². The van der Waals surface area contributed by atoms with Gasteiger partial charge in [-0.15, -0.1) is 0 Å². The number of nitrogens with one attached hydrogen (secondary N) is 1. The van der Waals surface area contributed by atoms with Crippen molar-refractivity contribution >= 4 is 34.9 Å². The number of aliphatic carboxylic acids is 1. The summed E-state index contributed by atoms with van der Waals surface area (Å²) < 4.78 is 31.7. The summed E-state index contributed by atoms with van der Waals surface area (Å²) >= 11 is 0. The maximum atomic E-state index is 13.1. The summed E-state index contributed by atoms with van der Waals surface area (Å²) in [5.41, 5.74) is 3.10. The molecule has 3 aromatic rings. The monoisotopic (exact) mass is 528 g/mol. The minimum Gasteiger partial charge on any atom is -0.475 e. The van der Waals surface area contributed by atoms with Crippen molar-refractivity contribution in [2.24, 2.45) is 0 Å². The molecule has 1 saturated heterocycles. The van der Waals surface area contributed by atoms with Gasteiger partial charge in [-0.3, -0.25) is 9.69 Å². The average Bonchev–Trinajstić information content (AvgIpc) is 2.92. The Balaban J connectivity index is 0.000000426. The Labute approximate surface area is 217 Å². The molecule has 12 heteroatoms. The van der Waals surface area contributed by atoms with Gasteiger partial charge in [0.15, 0.2) is 11.6 Å². The highest BCUT2D eigenvalue weighted by atomic mass is 19.4. The lowest BCUT2D eigenvalue weighted by Crippen LogP contribution is -2.49. The van der Waals surface area contributed by atoms with Crippen LogP contribution in [0.1, 0.15) is 12.5 Å². The topological polar surface area (TPSA) is 102 Å². The van der Waals surface area contributed by atoms with Crippen LogP contribution in [0.4, 0.5) is 36.2 Å². The Morgan fingerprint density at radius 3 is 2.11 bits per heavy atom. The molecule has 0 spiro atoms. The van der Waals surface area contributed by atoms with E-state index in [0.29, 0.717) is 6.54 Å². The van der Waals surface area contributed by atoms with Crippen molar-refractivity contribution in [3.05, 3.63) is 72.6 Å². The quantitative estimate of drug-likeness (QED) is 0.528. The number of halogens is 3. The highest BCUT2D eigenvalue weighted by Crippen LogP contribution is 2.38. The molecule has 38 heavy (non-hydrogen) atoms. The maximum absolute atomic E-state index is 13.1. The summed E-state index contributed by atoms with van der Waals surface area (Å²) in [5.74, 6) is -1.18. The number of hydrogen-bond acceptors (Lipinski definition) is 7. The number of carbonyl (C=O) groups is 2. The number of amides is 1. The Morgan fingerprint density at radius 1 is 0.974 bits per heavy atom. The van der Waals surface area contributed by atoms with E-state index in [1.165, 1.54) is 5.69 Å². The number of piperazine rings is 1. The van der Waals surface area contributed by atoms with Gasteiger partial charge in [0.1, 0.15) is 18.1 Å². The SMILES string of the molecule is CC1Nc2ncnc(N3CCN(c4ccccc4)CC3)c2N(Cc2ccccc2)C1=O.O=C(O)C(F)(F)F.